The number of unbranched alkanes of at least 4 members (excludes halogenated alkanes) is 6. The molecule has 0 unspecified atom stereocenters. The molecule has 0 heterocycles. The molecule has 3 rings (SSSR count). The maximum atomic E-state index is 12.8. The molecule has 2 N–H and O–H groups in total. The lowest BCUT2D eigenvalue weighted by molar-refractivity contribution is -0.118. The molecule has 0 aromatic heterocycles. The van der Waals surface area contributed by atoms with E-state index in [9.17, 15) is 20.1 Å². The number of benzene rings is 3. The third-order valence-electron chi connectivity index (χ3n) is 7.54. The van der Waals surface area contributed by atoms with Gasteiger partial charge in [0.15, 0.2) is 0 Å². The molecule has 0 saturated carbocycles. The fourth-order valence-electron chi connectivity index (χ4n) is 4.79. The number of amides is 2. The van der Waals surface area contributed by atoms with Crippen LogP contribution in [0.2, 0.25) is 0 Å². The Morgan fingerprint density at radius 3 is 1.42 bits per heavy atom. The van der Waals surface area contributed by atoms with Crippen molar-refractivity contribution in [2.24, 2.45) is 0 Å². The average molecular weight is 647 g/mol. The smallest absolute Gasteiger partial charge is 0.262 e. The van der Waals surface area contributed by atoms with Crippen LogP contribution < -0.4 is 20.1 Å². The first kappa shape index (κ1) is 37.1. The first-order chi connectivity index (χ1) is 23.4. The summed E-state index contributed by atoms with van der Waals surface area (Å²) >= 11 is 0. The zero-order valence-corrected chi connectivity index (χ0v) is 28.1. The molecule has 0 aliphatic carbocycles. The van der Waals surface area contributed by atoms with E-state index in [1.165, 1.54) is 25.7 Å². The molecule has 250 valence electrons. The number of nitriles is 2. The van der Waals surface area contributed by atoms with Gasteiger partial charge in [-0.2, -0.15) is 10.5 Å². The molecule has 8 nitrogen and oxygen atoms in total. The Morgan fingerprint density at radius 2 is 1.04 bits per heavy atom. The van der Waals surface area contributed by atoms with Crippen molar-refractivity contribution in [1.29, 1.82) is 10.5 Å². The van der Waals surface area contributed by atoms with Gasteiger partial charge in [-0.25, -0.2) is 0 Å². The third-order valence-corrected chi connectivity index (χ3v) is 7.54. The summed E-state index contributed by atoms with van der Waals surface area (Å²) in [6.07, 6.45) is 12.2. The second-order valence-corrected chi connectivity index (χ2v) is 11.5. The topological polar surface area (TPSA) is 124 Å². The van der Waals surface area contributed by atoms with E-state index in [0.717, 1.165) is 59.4 Å². The first-order valence-corrected chi connectivity index (χ1v) is 16.8. The number of nitrogens with zero attached hydrogens (tertiary/aromatic N) is 2. The van der Waals surface area contributed by atoms with Gasteiger partial charge in [0.2, 0.25) is 0 Å². The number of hydrogen-bond acceptors (Lipinski definition) is 6. The Hall–Kier alpha value is -5.34. The minimum atomic E-state index is -0.483. The molecule has 2 amide bonds. The van der Waals surface area contributed by atoms with Crippen LogP contribution in [-0.4, -0.2) is 25.0 Å². The highest BCUT2D eigenvalue weighted by atomic mass is 16.5. The summed E-state index contributed by atoms with van der Waals surface area (Å²) in [5, 5.41) is 24.8. The quantitative estimate of drug-likeness (QED) is 0.0727. The molecule has 0 spiro atoms. The van der Waals surface area contributed by atoms with Crippen LogP contribution >= 0.6 is 0 Å². The van der Waals surface area contributed by atoms with Crippen LogP contribution in [0.3, 0.4) is 0 Å². The normalized spacial score (nSPS) is 11.2. The lowest BCUT2D eigenvalue weighted by atomic mass is 10.1. The summed E-state index contributed by atoms with van der Waals surface area (Å²) in [4.78, 5) is 25.6. The Balaban J connectivity index is 1.49. The highest BCUT2D eigenvalue weighted by Gasteiger charge is 2.11. The summed E-state index contributed by atoms with van der Waals surface area (Å²) in [6.45, 7) is 6.07. The van der Waals surface area contributed by atoms with Gasteiger partial charge in [0.05, 0.1) is 13.2 Å². The van der Waals surface area contributed by atoms with Crippen LogP contribution in [0.25, 0.3) is 12.2 Å². The number of carbonyl (C=O) groups excluding carboxylic acids is 2. The van der Waals surface area contributed by atoms with Crippen molar-refractivity contribution >= 4 is 24.0 Å². The van der Waals surface area contributed by atoms with E-state index in [0.29, 0.717) is 13.2 Å². The van der Waals surface area contributed by atoms with E-state index in [-0.39, 0.29) is 24.2 Å². The van der Waals surface area contributed by atoms with E-state index in [2.05, 4.69) is 24.5 Å². The van der Waals surface area contributed by atoms with Gasteiger partial charge in [-0.3, -0.25) is 9.59 Å². The van der Waals surface area contributed by atoms with Gasteiger partial charge in [-0.1, -0.05) is 101 Å². The zero-order chi connectivity index (χ0) is 34.4. The van der Waals surface area contributed by atoms with Gasteiger partial charge >= 0.3 is 0 Å². The molecule has 0 saturated heterocycles. The predicted molar refractivity (Wildman–Crippen MR) is 189 cm³/mol. The molecule has 3 aromatic rings. The molecule has 0 aliphatic heterocycles. The summed E-state index contributed by atoms with van der Waals surface area (Å²) in [7, 11) is 0. The third kappa shape index (κ3) is 13.6. The lowest BCUT2D eigenvalue weighted by Crippen LogP contribution is -2.25. The number of carbonyl (C=O) groups is 2. The molecule has 0 aliphatic rings. The van der Waals surface area contributed by atoms with Crippen molar-refractivity contribution in [3.63, 3.8) is 0 Å². The van der Waals surface area contributed by atoms with Crippen LogP contribution in [0.4, 0.5) is 0 Å². The van der Waals surface area contributed by atoms with Crippen LogP contribution in [0.15, 0.2) is 83.9 Å². The maximum Gasteiger partial charge on any atom is 0.262 e. The largest absolute Gasteiger partial charge is 0.494 e. The van der Waals surface area contributed by atoms with Crippen LogP contribution in [0, 0.1) is 22.7 Å². The Bertz CT molecular complexity index is 1480. The molecule has 8 heteroatoms. The van der Waals surface area contributed by atoms with E-state index < -0.39 is 11.8 Å². The molecule has 0 bridgehead atoms. The van der Waals surface area contributed by atoms with Crippen molar-refractivity contribution in [3.05, 3.63) is 106 Å². The average Bonchev–Trinajstić information content (AvgIpc) is 3.12. The standard InChI is InChI=1S/C40H46N4O4/c1-3-5-7-9-22-47-37-18-14-31(15-19-37)25-35(27-41)39(45)43-29-33-12-11-13-34(24-33)30-44-40(46)36(28-42)26-32-16-20-38(21-17-32)48-23-10-8-6-4-2/h11-21,24-26H,3-10,22-23,29-30H2,1-2H3,(H,43,45)(H,44,46)/b35-25-,36-26-. The van der Waals surface area contributed by atoms with E-state index >= 15 is 0 Å². The molecule has 0 fully saturated rings. The highest BCUT2D eigenvalue weighted by molar-refractivity contribution is 6.02. The summed E-state index contributed by atoms with van der Waals surface area (Å²) in [6, 6.07) is 26.0. The fourth-order valence-corrected chi connectivity index (χ4v) is 4.79. The molecular formula is C40H46N4O4. The van der Waals surface area contributed by atoms with Crippen molar-refractivity contribution in [1.82, 2.24) is 10.6 Å². The van der Waals surface area contributed by atoms with Gasteiger partial charge in [0.1, 0.15) is 34.8 Å². The van der Waals surface area contributed by atoms with Crippen LogP contribution in [0.1, 0.15) is 87.5 Å². The number of rotatable bonds is 20. The monoisotopic (exact) mass is 646 g/mol. The molecular weight excluding hydrogens is 600 g/mol. The number of nitrogens with one attached hydrogen (secondary N) is 2. The molecule has 0 atom stereocenters. The van der Waals surface area contributed by atoms with Gasteiger partial charge in [-0.15, -0.1) is 0 Å². The summed E-state index contributed by atoms with van der Waals surface area (Å²) in [5.74, 6) is 0.545. The minimum Gasteiger partial charge on any atom is -0.494 e. The predicted octanol–water partition coefficient (Wildman–Crippen LogP) is 8.05. The van der Waals surface area contributed by atoms with Crippen molar-refractivity contribution < 1.29 is 19.1 Å². The zero-order valence-electron chi connectivity index (χ0n) is 28.1. The molecule has 3 aromatic carbocycles. The molecule has 0 radical (unpaired) electrons. The van der Waals surface area contributed by atoms with Gasteiger partial charge in [-0.05, 0) is 71.5 Å². The van der Waals surface area contributed by atoms with Crippen molar-refractivity contribution in [3.8, 4) is 23.6 Å². The SMILES string of the molecule is CCCCCCOc1ccc(/C=C(/C#N)C(=O)NCc2cccc(CNC(=O)/C(C#N)=C\c3ccc(OCCCCCC)cc3)c2)cc1. The van der Waals surface area contributed by atoms with Gasteiger partial charge < -0.3 is 20.1 Å². The van der Waals surface area contributed by atoms with Gasteiger partial charge in [0.25, 0.3) is 11.8 Å². The van der Waals surface area contributed by atoms with Crippen molar-refractivity contribution in [2.45, 2.75) is 78.3 Å². The number of ether oxygens (including phenoxy) is 2. The van der Waals surface area contributed by atoms with Gasteiger partial charge in [0, 0.05) is 13.1 Å². The first-order valence-electron chi connectivity index (χ1n) is 16.8. The van der Waals surface area contributed by atoms with Crippen molar-refractivity contribution in [2.75, 3.05) is 13.2 Å². The van der Waals surface area contributed by atoms with E-state index in [1.54, 1.807) is 12.2 Å². The maximum absolute atomic E-state index is 12.8. The van der Waals surface area contributed by atoms with Crippen LogP contribution in [0.5, 0.6) is 11.5 Å². The fraction of sp³-hybridized carbons (Fsp3) is 0.350. The Kier molecular flexibility index (Phi) is 16.6. The second-order valence-electron chi connectivity index (χ2n) is 11.5. The van der Waals surface area contributed by atoms with E-state index in [4.69, 9.17) is 9.47 Å². The van der Waals surface area contributed by atoms with Crippen LogP contribution in [-0.2, 0) is 22.7 Å². The van der Waals surface area contributed by atoms with E-state index in [1.807, 2.05) is 84.9 Å². The second kappa shape index (κ2) is 21.5. The minimum absolute atomic E-state index is 0.00736. The Morgan fingerprint density at radius 1 is 0.625 bits per heavy atom. The molecule has 48 heavy (non-hydrogen) atoms. The number of hydrogen-bond donors (Lipinski definition) is 2. The summed E-state index contributed by atoms with van der Waals surface area (Å²) < 4.78 is 11.5. The lowest BCUT2D eigenvalue weighted by Gasteiger charge is -2.09. The Labute approximate surface area is 285 Å². The highest BCUT2D eigenvalue weighted by Crippen LogP contribution is 2.17. The summed E-state index contributed by atoms with van der Waals surface area (Å²) in [5.41, 5.74) is 3.04.